The van der Waals surface area contributed by atoms with Crippen molar-refractivity contribution in [1.29, 1.82) is 5.26 Å². The highest BCUT2D eigenvalue weighted by Gasteiger charge is 2.29. The lowest BCUT2D eigenvalue weighted by Crippen LogP contribution is -2.42. The molecule has 28 heavy (non-hydrogen) atoms. The lowest BCUT2D eigenvalue weighted by molar-refractivity contribution is -0.162. The normalized spacial score (nSPS) is 12.0. The van der Waals surface area contributed by atoms with Gasteiger partial charge in [0, 0.05) is 12.6 Å². The fourth-order valence-electron chi connectivity index (χ4n) is 2.21. The number of esters is 1. The van der Waals surface area contributed by atoms with Gasteiger partial charge in [-0.15, -0.1) is 0 Å². The van der Waals surface area contributed by atoms with Crippen molar-refractivity contribution >= 4 is 17.9 Å². The third-order valence-electron chi connectivity index (χ3n) is 3.67. The Hall–Kier alpha value is -3.86. The highest BCUT2D eigenvalue weighted by molar-refractivity contribution is 5.97. The second kappa shape index (κ2) is 9.73. The molecule has 8 nitrogen and oxygen atoms in total. The largest absolute Gasteiger partial charge is 0.479 e. The molecule has 3 amide bonds. The highest BCUT2D eigenvalue weighted by atomic mass is 16.6. The van der Waals surface area contributed by atoms with Crippen LogP contribution in [0.15, 0.2) is 54.6 Å². The lowest BCUT2D eigenvalue weighted by Gasteiger charge is -2.20. The van der Waals surface area contributed by atoms with Crippen LogP contribution in [-0.2, 0) is 14.3 Å². The van der Waals surface area contributed by atoms with Crippen molar-refractivity contribution in [2.24, 2.45) is 0 Å². The number of hydrogen-bond acceptors (Lipinski definition) is 6. The Morgan fingerprint density at radius 3 is 2.25 bits per heavy atom. The van der Waals surface area contributed by atoms with Crippen LogP contribution in [0, 0.1) is 11.3 Å². The average molecular weight is 381 g/mol. The molecular formula is C20H19N3O5. The van der Waals surface area contributed by atoms with E-state index in [1.165, 1.54) is 14.0 Å². The van der Waals surface area contributed by atoms with Crippen molar-refractivity contribution in [1.82, 2.24) is 10.6 Å². The average Bonchev–Trinajstić information content (AvgIpc) is 2.72. The summed E-state index contributed by atoms with van der Waals surface area (Å²) in [7, 11) is 1.36. The van der Waals surface area contributed by atoms with Gasteiger partial charge in [-0.25, -0.2) is 9.59 Å². The molecule has 2 rings (SSSR count). The van der Waals surface area contributed by atoms with Crippen molar-refractivity contribution in [2.45, 2.75) is 19.1 Å². The molecule has 0 aliphatic rings. The van der Waals surface area contributed by atoms with Crippen molar-refractivity contribution < 1.29 is 23.9 Å². The van der Waals surface area contributed by atoms with Crippen molar-refractivity contribution in [3.8, 4) is 11.8 Å². The first-order chi connectivity index (χ1) is 13.4. The van der Waals surface area contributed by atoms with Gasteiger partial charge in [0.15, 0.2) is 6.10 Å². The highest BCUT2D eigenvalue weighted by Crippen LogP contribution is 2.20. The van der Waals surface area contributed by atoms with Gasteiger partial charge in [0.25, 0.3) is 5.91 Å². The molecular weight excluding hydrogens is 362 g/mol. The summed E-state index contributed by atoms with van der Waals surface area (Å²) < 4.78 is 10.8. The summed E-state index contributed by atoms with van der Waals surface area (Å²) in [6.45, 7) is 1.47. The Labute approximate surface area is 162 Å². The number of nitriles is 1. The lowest BCUT2D eigenvalue weighted by atomic mass is 10.1. The van der Waals surface area contributed by atoms with Gasteiger partial charge in [-0.1, -0.05) is 30.3 Å². The van der Waals surface area contributed by atoms with Crippen LogP contribution in [0.3, 0.4) is 0 Å². The molecule has 0 saturated heterocycles. The molecule has 0 radical (unpaired) electrons. The summed E-state index contributed by atoms with van der Waals surface area (Å²) in [4.78, 5) is 36.3. The predicted molar refractivity (Wildman–Crippen MR) is 99.1 cm³/mol. The third-order valence-corrected chi connectivity index (χ3v) is 3.67. The van der Waals surface area contributed by atoms with Gasteiger partial charge in [-0.05, 0) is 31.2 Å². The standard InChI is InChI=1S/C20H19N3O5/c1-13(27-16-10-8-14(12-21)9-11-16)19(25)28-17(15-6-4-3-5-7-15)18(24)23-20(26)22-2/h3-11,13,17H,1-2H3,(H2,22,23,24,26)/t13-,17-/m0/s1. The van der Waals surface area contributed by atoms with E-state index in [1.807, 2.05) is 6.07 Å². The van der Waals surface area contributed by atoms with Gasteiger partial charge in [-0.3, -0.25) is 10.1 Å². The minimum atomic E-state index is -1.32. The van der Waals surface area contributed by atoms with Crippen molar-refractivity contribution in [3.05, 3.63) is 65.7 Å². The van der Waals surface area contributed by atoms with E-state index in [2.05, 4.69) is 10.6 Å². The van der Waals surface area contributed by atoms with Gasteiger partial charge >= 0.3 is 12.0 Å². The van der Waals surface area contributed by atoms with E-state index in [-0.39, 0.29) is 0 Å². The van der Waals surface area contributed by atoms with E-state index in [1.54, 1.807) is 54.6 Å². The Morgan fingerprint density at radius 2 is 1.68 bits per heavy atom. The number of amides is 3. The molecule has 8 heteroatoms. The molecule has 0 saturated carbocycles. The molecule has 2 atom stereocenters. The molecule has 0 spiro atoms. The Kier molecular flexibility index (Phi) is 7.11. The van der Waals surface area contributed by atoms with E-state index in [0.717, 1.165) is 0 Å². The molecule has 0 aliphatic heterocycles. The minimum absolute atomic E-state index is 0.370. The predicted octanol–water partition coefficient (Wildman–Crippen LogP) is 2.07. The second-order valence-corrected chi connectivity index (χ2v) is 5.69. The minimum Gasteiger partial charge on any atom is -0.479 e. The van der Waals surface area contributed by atoms with Crippen LogP contribution in [0.4, 0.5) is 4.79 Å². The number of ether oxygens (including phenoxy) is 2. The maximum absolute atomic E-state index is 12.4. The van der Waals surface area contributed by atoms with E-state index in [0.29, 0.717) is 16.9 Å². The Morgan fingerprint density at radius 1 is 1.04 bits per heavy atom. The van der Waals surface area contributed by atoms with Gasteiger partial charge in [0.05, 0.1) is 11.6 Å². The van der Waals surface area contributed by atoms with Crippen LogP contribution < -0.4 is 15.4 Å². The summed E-state index contributed by atoms with van der Waals surface area (Å²) in [5, 5.41) is 13.2. The number of nitrogens with one attached hydrogen (secondary N) is 2. The van der Waals surface area contributed by atoms with Crippen LogP contribution >= 0.6 is 0 Å². The maximum Gasteiger partial charge on any atom is 0.348 e. The number of imide groups is 1. The van der Waals surface area contributed by atoms with Crippen molar-refractivity contribution in [3.63, 3.8) is 0 Å². The molecule has 0 heterocycles. The summed E-state index contributed by atoms with van der Waals surface area (Å²) in [5.74, 6) is -1.20. The van der Waals surface area contributed by atoms with Gasteiger partial charge in [0.2, 0.25) is 6.10 Å². The molecule has 0 aliphatic carbocycles. The van der Waals surface area contributed by atoms with Crippen LogP contribution in [0.1, 0.15) is 24.2 Å². The maximum atomic E-state index is 12.4. The topological polar surface area (TPSA) is 118 Å². The number of urea groups is 1. The van der Waals surface area contributed by atoms with Crippen LogP contribution in [-0.4, -0.2) is 31.1 Å². The number of carbonyl (C=O) groups excluding carboxylic acids is 3. The summed E-state index contributed by atoms with van der Waals surface area (Å²) in [6, 6.07) is 15.8. The van der Waals surface area contributed by atoms with Crippen molar-refractivity contribution in [2.75, 3.05) is 7.05 Å². The number of carbonyl (C=O) groups is 3. The summed E-state index contributed by atoms with van der Waals surface area (Å²) in [5.41, 5.74) is 0.861. The Balaban J connectivity index is 2.11. The second-order valence-electron chi connectivity index (χ2n) is 5.69. The first-order valence-corrected chi connectivity index (χ1v) is 8.39. The van der Waals surface area contributed by atoms with Crippen LogP contribution in [0.2, 0.25) is 0 Å². The molecule has 0 fully saturated rings. The van der Waals surface area contributed by atoms with E-state index >= 15 is 0 Å². The molecule has 0 aromatic heterocycles. The van der Waals surface area contributed by atoms with Crippen LogP contribution in [0.25, 0.3) is 0 Å². The first kappa shape index (κ1) is 20.5. The fraction of sp³-hybridized carbons (Fsp3) is 0.200. The first-order valence-electron chi connectivity index (χ1n) is 8.39. The smallest absolute Gasteiger partial charge is 0.348 e. The Bertz CT molecular complexity index is 875. The van der Waals surface area contributed by atoms with Crippen LogP contribution in [0.5, 0.6) is 5.75 Å². The molecule has 2 N–H and O–H groups in total. The quantitative estimate of drug-likeness (QED) is 0.740. The monoisotopic (exact) mass is 381 g/mol. The van der Waals surface area contributed by atoms with E-state index in [9.17, 15) is 14.4 Å². The van der Waals surface area contributed by atoms with Gasteiger partial charge in [0.1, 0.15) is 5.75 Å². The van der Waals surface area contributed by atoms with E-state index < -0.39 is 30.1 Å². The van der Waals surface area contributed by atoms with Gasteiger partial charge in [-0.2, -0.15) is 5.26 Å². The molecule has 0 bridgehead atoms. The number of benzene rings is 2. The molecule has 144 valence electrons. The number of nitrogens with zero attached hydrogens (tertiary/aromatic N) is 1. The molecule has 2 aromatic carbocycles. The fourth-order valence-corrected chi connectivity index (χ4v) is 2.21. The van der Waals surface area contributed by atoms with E-state index in [4.69, 9.17) is 14.7 Å². The molecule has 0 unspecified atom stereocenters. The SMILES string of the molecule is CNC(=O)NC(=O)[C@@H](OC(=O)[C@H](C)Oc1ccc(C#N)cc1)c1ccccc1. The van der Waals surface area contributed by atoms with Gasteiger partial charge < -0.3 is 14.8 Å². The number of hydrogen-bond donors (Lipinski definition) is 2. The zero-order valence-corrected chi connectivity index (χ0v) is 15.3. The molecule has 2 aromatic rings. The number of rotatable bonds is 6. The zero-order valence-electron chi connectivity index (χ0n) is 15.3. The summed E-state index contributed by atoms with van der Waals surface area (Å²) in [6.07, 6.45) is -2.34. The third kappa shape index (κ3) is 5.57. The summed E-state index contributed by atoms with van der Waals surface area (Å²) >= 11 is 0. The zero-order chi connectivity index (χ0) is 20.5.